The molecule has 0 aliphatic rings. The van der Waals surface area contributed by atoms with E-state index < -0.39 is 7.54 Å². The molecule has 0 amide bonds. The van der Waals surface area contributed by atoms with E-state index in [1.54, 1.807) is 12.1 Å². The first-order valence-electron chi connectivity index (χ1n) is 3.31. The van der Waals surface area contributed by atoms with Gasteiger partial charge in [-0.1, -0.05) is 0 Å². The zero-order chi connectivity index (χ0) is 10.3. The highest BCUT2D eigenvalue weighted by Gasteiger charge is 2.06. The Hall–Kier alpha value is -1.58. The van der Waals surface area contributed by atoms with E-state index in [0.717, 1.165) is 0 Å². The third kappa shape index (κ3) is 8.52. The van der Waals surface area contributed by atoms with Gasteiger partial charge in [-0.05, 0) is 0 Å². The predicted molar refractivity (Wildman–Crippen MR) is 43.0 cm³/mol. The average molecular weight is 206 g/mol. The van der Waals surface area contributed by atoms with E-state index in [-0.39, 0.29) is 4.70 Å². The van der Waals surface area contributed by atoms with Gasteiger partial charge in [0, 0.05) is 12.1 Å². The van der Waals surface area contributed by atoms with Gasteiger partial charge in [0.25, 0.3) is 0 Å². The van der Waals surface area contributed by atoms with Gasteiger partial charge < -0.3 is 4.70 Å². The van der Waals surface area contributed by atoms with Crippen LogP contribution in [0.5, 0.6) is 0 Å². The lowest BCUT2D eigenvalue weighted by Crippen LogP contribution is -3.00. The first-order chi connectivity index (χ1) is 6.06. The SMILES string of the molecule is FB(F)F.[C-]#[N+]c1cc[n+](C)cc1.[F-]. The number of nitrogens with zero attached hydrogens (tertiary/aromatic N) is 2. The van der Waals surface area contributed by atoms with Crippen LogP contribution in [0, 0.1) is 6.57 Å². The van der Waals surface area contributed by atoms with Crippen LogP contribution < -0.4 is 9.27 Å². The smallest absolute Gasteiger partial charge is 0.762 e. The van der Waals surface area contributed by atoms with Crippen LogP contribution in [-0.4, -0.2) is 7.54 Å². The van der Waals surface area contributed by atoms with Crippen molar-refractivity contribution in [1.82, 2.24) is 0 Å². The van der Waals surface area contributed by atoms with Gasteiger partial charge in [0.15, 0.2) is 18.1 Å². The van der Waals surface area contributed by atoms with E-state index >= 15 is 0 Å². The molecule has 1 rings (SSSR count). The van der Waals surface area contributed by atoms with Crippen molar-refractivity contribution in [3.05, 3.63) is 35.9 Å². The molecule has 0 atom stereocenters. The van der Waals surface area contributed by atoms with Crippen molar-refractivity contribution >= 4 is 13.2 Å². The summed E-state index contributed by atoms with van der Waals surface area (Å²) in [4.78, 5) is 3.25. The maximum absolute atomic E-state index is 9.67. The lowest BCUT2D eigenvalue weighted by molar-refractivity contribution is -0.671. The second-order valence-corrected chi connectivity index (χ2v) is 2.08. The quantitative estimate of drug-likeness (QED) is 0.221. The Kier molecular flexibility index (Phi) is 8.57. The first-order valence-corrected chi connectivity index (χ1v) is 3.31. The lowest BCUT2D eigenvalue weighted by Gasteiger charge is -1.83. The summed E-state index contributed by atoms with van der Waals surface area (Å²) >= 11 is 0. The minimum Gasteiger partial charge on any atom is -1.00 e. The highest BCUT2D eigenvalue weighted by molar-refractivity contribution is 6.33. The van der Waals surface area contributed by atoms with Gasteiger partial charge in [-0.2, -0.15) is 0 Å². The summed E-state index contributed by atoms with van der Waals surface area (Å²) in [7, 11) is -1.74. The van der Waals surface area contributed by atoms with Crippen molar-refractivity contribution in [3.8, 4) is 0 Å². The summed E-state index contributed by atoms with van der Waals surface area (Å²) in [6.45, 7) is 6.63. The van der Waals surface area contributed by atoms with Gasteiger partial charge in [-0.15, -0.1) is 0 Å². The maximum Gasteiger partial charge on any atom is 0.762 e. The Morgan fingerprint density at radius 1 is 1.29 bits per heavy atom. The normalized spacial score (nSPS) is 7.36. The zero-order valence-corrected chi connectivity index (χ0v) is 7.29. The fourth-order valence-corrected chi connectivity index (χ4v) is 0.568. The number of pyridine rings is 1. The third-order valence-electron chi connectivity index (χ3n) is 1.09. The molecule has 0 aliphatic carbocycles. The minimum absolute atomic E-state index is 0. The molecule has 14 heavy (non-hydrogen) atoms. The van der Waals surface area contributed by atoms with E-state index in [1.165, 1.54) is 0 Å². The predicted octanol–water partition coefficient (Wildman–Crippen LogP) is -1.05. The molecule has 0 radical (unpaired) electrons. The van der Waals surface area contributed by atoms with Crippen molar-refractivity contribution in [2.75, 3.05) is 0 Å². The van der Waals surface area contributed by atoms with Gasteiger partial charge >= 0.3 is 7.54 Å². The molecule has 2 nitrogen and oxygen atoms in total. The number of aryl methyl sites for hydroxylation is 1. The molecule has 1 heterocycles. The Labute approximate surface area is 79.4 Å². The molecule has 0 aliphatic heterocycles. The summed E-state index contributed by atoms with van der Waals surface area (Å²) in [5, 5.41) is 0. The molecule has 0 N–H and O–H groups in total. The molecule has 7 heteroatoms. The Morgan fingerprint density at radius 2 is 1.64 bits per heavy atom. The van der Waals surface area contributed by atoms with E-state index in [9.17, 15) is 12.9 Å². The molecule has 0 bridgehead atoms. The van der Waals surface area contributed by atoms with Gasteiger partial charge in [-0.3, -0.25) is 12.9 Å². The molecule has 0 saturated heterocycles. The van der Waals surface area contributed by atoms with Gasteiger partial charge in [-0.25, -0.2) is 9.41 Å². The molecule has 1 aromatic heterocycles. The van der Waals surface area contributed by atoms with Crippen molar-refractivity contribution in [3.63, 3.8) is 0 Å². The van der Waals surface area contributed by atoms with Crippen LogP contribution in [0.3, 0.4) is 0 Å². The molecule has 0 saturated carbocycles. The maximum atomic E-state index is 9.67. The number of halogens is 4. The van der Waals surface area contributed by atoms with Crippen molar-refractivity contribution in [2.45, 2.75) is 0 Å². The van der Waals surface area contributed by atoms with Crippen LogP contribution in [0.25, 0.3) is 4.85 Å². The number of rotatable bonds is 0. The second kappa shape index (κ2) is 8.04. The van der Waals surface area contributed by atoms with Crippen LogP contribution >= 0.6 is 0 Å². The molecule has 76 valence electrons. The van der Waals surface area contributed by atoms with Crippen LogP contribution in [0.15, 0.2) is 24.5 Å². The summed E-state index contributed by atoms with van der Waals surface area (Å²) in [5.41, 5.74) is 0.688. The van der Waals surface area contributed by atoms with Crippen LogP contribution in [0.2, 0.25) is 0 Å². The summed E-state index contributed by atoms with van der Waals surface area (Å²) < 4.78 is 30.9. The third-order valence-corrected chi connectivity index (χ3v) is 1.09. The fraction of sp³-hybridized carbons (Fsp3) is 0.143. The van der Waals surface area contributed by atoms with E-state index in [4.69, 9.17) is 6.57 Å². The fourth-order valence-electron chi connectivity index (χ4n) is 0.568. The lowest BCUT2D eigenvalue weighted by atomic mass is 10.4. The Bertz CT molecular complexity index is 280. The van der Waals surface area contributed by atoms with Crippen LogP contribution in [-0.2, 0) is 7.05 Å². The van der Waals surface area contributed by atoms with Crippen LogP contribution in [0.4, 0.5) is 18.6 Å². The number of hydrogen-bond acceptors (Lipinski definition) is 0. The Balaban J connectivity index is 0. The van der Waals surface area contributed by atoms with E-state index in [2.05, 4.69) is 4.85 Å². The highest BCUT2D eigenvalue weighted by Crippen LogP contribution is 2.05. The molecular weight excluding hydrogens is 199 g/mol. The highest BCUT2D eigenvalue weighted by atomic mass is 19.4. The van der Waals surface area contributed by atoms with Crippen molar-refractivity contribution < 1.29 is 22.2 Å². The number of aromatic nitrogens is 1. The largest absolute Gasteiger partial charge is 1.00 e. The summed E-state index contributed by atoms with van der Waals surface area (Å²) in [5.74, 6) is 0. The van der Waals surface area contributed by atoms with E-state index in [1.807, 2.05) is 24.0 Å². The second-order valence-electron chi connectivity index (χ2n) is 2.08. The minimum atomic E-state index is -3.67. The molecule has 0 unspecified atom stereocenters. The van der Waals surface area contributed by atoms with Gasteiger partial charge in [0.2, 0.25) is 0 Å². The molecule has 1 aromatic rings. The van der Waals surface area contributed by atoms with Crippen LogP contribution in [0.1, 0.15) is 0 Å². The Morgan fingerprint density at radius 3 is 1.93 bits per heavy atom. The monoisotopic (exact) mass is 206 g/mol. The first kappa shape index (κ1) is 14.9. The number of hydrogen-bond donors (Lipinski definition) is 0. The molecule has 0 fully saturated rings. The summed E-state index contributed by atoms with van der Waals surface area (Å²) in [6.07, 6.45) is 3.71. The van der Waals surface area contributed by atoms with Crippen molar-refractivity contribution in [2.24, 2.45) is 7.05 Å². The molecule has 0 spiro atoms. The molecular formula is C7H7BF4N2. The van der Waals surface area contributed by atoms with Gasteiger partial charge in [0.05, 0.1) is 6.57 Å². The summed E-state index contributed by atoms with van der Waals surface area (Å²) in [6, 6.07) is 3.57. The van der Waals surface area contributed by atoms with Gasteiger partial charge in [0.1, 0.15) is 7.05 Å². The van der Waals surface area contributed by atoms with Crippen molar-refractivity contribution in [1.29, 1.82) is 0 Å². The zero-order valence-electron chi connectivity index (χ0n) is 7.29. The molecule has 0 aromatic carbocycles. The standard InChI is InChI=1S/C7H7N2.BF3.FH/c1-8-7-3-5-9(2)6-4-7;2-1(3)4;/h3-6H,2H3;;1H/q+1;;/p-1. The van der Waals surface area contributed by atoms with E-state index in [0.29, 0.717) is 5.69 Å². The average Bonchev–Trinajstić information content (AvgIpc) is 2.05. The topological polar surface area (TPSA) is 8.24 Å².